The van der Waals surface area contributed by atoms with Gasteiger partial charge in [0, 0.05) is 24.8 Å². The van der Waals surface area contributed by atoms with Gasteiger partial charge in [0.25, 0.3) is 11.8 Å². The Morgan fingerprint density at radius 1 is 1.20 bits per heavy atom. The van der Waals surface area contributed by atoms with Crippen LogP contribution in [0.2, 0.25) is 0 Å². The molecule has 1 aromatic heterocycles. The highest BCUT2D eigenvalue weighted by atomic mass is 19.1. The van der Waals surface area contributed by atoms with Gasteiger partial charge in [-0.15, -0.1) is 0 Å². The number of aromatic nitrogens is 1. The summed E-state index contributed by atoms with van der Waals surface area (Å²) in [4.78, 5) is 30.9. The van der Waals surface area contributed by atoms with E-state index in [1.54, 1.807) is 13.0 Å². The van der Waals surface area contributed by atoms with Crippen LogP contribution in [0.1, 0.15) is 45.3 Å². The van der Waals surface area contributed by atoms with E-state index in [9.17, 15) is 18.4 Å². The van der Waals surface area contributed by atoms with E-state index in [0.717, 1.165) is 36.6 Å². The highest BCUT2D eigenvalue weighted by Gasteiger charge is 2.24. The number of anilines is 1. The molecule has 7 nitrogen and oxygen atoms in total. The van der Waals surface area contributed by atoms with Crippen LogP contribution in [0.4, 0.5) is 14.5 Å². The lowest BCUT2D eigenvalue weighted by Crippen LogP contribution is -2.34. The number of aliphatic hydroxyl groups is 1. The van der Waals surface area contributed by atoms with Gasteiger partial charge < -0.3 is 20.1 Å². The number of carbonyl (C=O) groups excluding carboxylic acids is 2. The molecule has 1 aliphatic rings. The number of benzene rings is 1. The van der Waals surface area contributed by atoms with Crippen LogP contribution in [0.5, 0.6) is 5.88 Å². The van der Waals surface area contributed by atoms with E-state index < -0.39 is 29.0 Å². The van der Waals surface area contributed by atoms with Crippen LogP contribution >= 0.6 is 0 Å². The Hall–Kier alpha value is -3.07. The summed E-state index contributed by atoms with van der Waals surface area (Å²) in [6.45, 7) is 1.61. The van der Waals surface area contributed by atoms with Gasteiger partial charge in [0.2, 0.25) is 5.88 Å². The molecule has 0 atom stereocenters. The maximum atomic E-state index is 14.3. The first kappa shape index (κ1) is 21.6. The number of amides is 2. The van der Waals surface area contributed by atoms with Crippen LogP contribution in [-0.2, 0) is 12.8 Å². The molecule has 0 fully saturated rings. The smallest absolute Gasteiger partial charge is 0.261 e. The minimum atomic E-state index is -1.05. The van der Waals surface area contributed by atoms with Crippen molar-refractivity contribution >= 4 is 17.5 Å². The number of pyridine rings is 1. The fourth-order valence-electron chi connectivity index (χ4n) is 3.46. The number of fused-ring (bicyclic) bond motifs is 1. The lowest BCUT2D eigenvalue weighted by Gasteiger charge is -2.20. The van der Waals surface area contributed by atoms with Gasteiger partial charge in [-0.2, -0.15) is 0 Å². The molecule has 0 saturated heterocycles. The van der Waals surface area contributed by atoms with Gasteiger partial charge in [0.1, 0.15) is 17.2 Å². The second kappa shape index (κ2) is 9.17. The van der Waals surface area contributed by atoms with Crippen molar-refractivity contribution in [2.24, 2.45) is 0 Å². The number of methoxy groups -OCH3 is 1. The molecule has 9 heteroatoms. The topological polar surface area (TPSA) is 91.8 Å². The Labute approximate surface area is 172 Å². The Morgan fingerprint density at radius 3 is 2.63 bits per heavy atom. The molecule has 1 aliphatic carbocycles. The van der Waals surface area contributed by atoms with Gasteiger partial charge >= 0.3 is 0 Å². The number of likely N-dealkylation sites (N-methyl/N-ethyl adjacent to an activating group) is 1. The van der Waals surface area contributed by atoms with E-state index in [0.29, 0.717) is 6.07 Å². The second-order valence-corrected chi connectivity index (χ2v) is 6.88. The molecule has 0 aliphatic heterocycles. The van der Waals surface area contributed by atoms with E-state index >= 15 is 0 Å². The molecule has 0 spiro atoms. The van der Waals surface area contributed by atoms with Crippen LogP contribution in [0, 0.1) is 11.6 Å². The Morgan fingerprint density at radius 2 is 1.97 bits per heavy atom. The zero-order valence-electron chi connectivity index (χ0n) is 16.8. The first-order valence-corrected chi connectivity index (χ1v) is 9.66. The third-order valence-electron chi connectivity index (χ3n) is 5.03. The number of ether oxygens (including phenoxy) is 1. The van der Waals surface area contributed by atoms with Crippen molar-refractivity contribution in [3.8, 4) is 5.88 Å². The molecule has 30 heavy (non-hydrogen) atoms. The van der Waals surface area contributed by atoms with Crippen LogP contribution in [0.25, 0.3) is 0 Å². The molecule has 1 heterocycles. The highest BCUT2D eigenvalue weighted by molar-refractivity contribution is 6.06. The van der Waals surface area contributed by atoms with Crippen molar-refractivity contribution in [3.63, 3.8) is 0 Å². The minimum absolute atomic E-state index is 0.00579. The molecule has 2 amide bonds. The number of nitrogens with zero attached hydrogens (tertiary/aromatic N) is 2. The van der Waals surface area contributed by atoms with Gasteiger partial charge in [0.15, 0.2) is 0 Å². The maximum Gasteiger partial charge on any atom is 0.261 e. The van der Waals surface area contributed by atoms with Gasteiger partial charge in [-0.25, -0.2) is 13.8 Å². The third kappa shape index (κ3) is 4.25. The van der Waals surface area contributed by atoms with Crippen LogP contribution in [0.3, 0.4) is 0 Å². The number of aryl methyl sites for hydroxylation is 2. The average molecular weight is 419 g/mol. The average Bonchev–Trinajstić information content (AvgIpc) is 3.19. The SMILES string of the molecule is CCN(CCO)C(=O)c1cc(NC(=O)c2cc3c(nc2OC)CCC3)c(F)cc1F. The Bertz CT molecular complexity index is 981. The zero-order chi connectivity index (χ0) is 21.8. The highest BCUT2D eigenvalue weighted by Crippen LogP contribution is 2.28. The molecule has 0 radical (unpaired) electrons. The quantitative estimate of drug-likeness (QED) is 0.720. The molecule has 2 N–H and O–H groups in total. The van der Waals surface area contributed by atoms with Crippen molar-refractivity contribution in [1.29, 1.82) is 0 Å². The minimum Gasteiger partial charge on any atom is -0.480 e. The van der Waals surface area contributed by atoms with E-state index in [-0.39, 0.29) is 36.8 Å². The van der Waals surface area contributed by atoms with Crippen LogP contribution in [-0.4, -0.2) is 53.6 Å². The normalized spacial score (nSPS) is 12.4. The molecule has 0 unspecified atom stereocenters. The molecular weight excluding hydrogens is 396 g/mol. The molecule has 3 rings (SSSR count). The van der Waals surface area contributed by atoms with E-state index in [4.69, 9.17) is 9.84 Å². The number of aliphatic hydroxyl groups excluding tert-OH is 1. The summed E-state index contributed by atoms with van der Waals surface area (Å²) in [6, 6.07) is 3.17. The van der Waals surface area contributed by atoms with E-state index in [2.05, 4.69) is 10.3 Å². The maximum absolute atomic E-state index is 14.3. The zero-order valence-corrected chi connectivity index (χ0v) is 16.8. The monoisotopic (exact) mass is 419 g/mol. The van der Waals surface area contributed by atoms with Crippen molar-refractivity contribution in [2.75, 3.05) is 32.1 Å². The molecule has 1 aromatic carbocycles. The molecule has 2 aromatic rings. The van der Waals surface area contributed by atoms with Crippen molar-refractivity contribution in [3.05, 3.63) is 52.2 Å². The van der Waals surface area contributed by atoms with Gasteiger partial charge in [-0.1, -0.05) is 0 Å². The second-order valence-electron chi connectivity index (χ2n) is 6.88. The number of hydrogen-bond donors (Lipinski definition) is 2. The summed E-state index contributed by atoms with van der Waals surface area (Å²) >= 11 is 0. The molecular formula is C21H23F2N3O4. The van der Waals surface area contributed by atoms with E-state index in [1.165, 1.54) is 12.0 Å². The Kier molecular flexibility index (Phi) is 6.61. The largest absolute Gasteiger partial charge is 0.480 e. The molecule has 0 saturated carbocycles. The van der Waals surface area contributed by atoms with Crippen molar-refractivity contribution < 1.29 is 28.2 Å². The number of nitrogens with one attached hydrogen (secondary N) is 1. The molecule has 160 valence electrons. The summed E-state index contributed by atoms with van der Waals surface area (Å²) in [7, 11) is 1.39. The summed E-state index contributed by atoms with van der Waals surface area (Å²) in [5, 5.41) is 11.5. The first-order valence-electron chi connectivity index (χ1n) is 9.66. The molecule has 0 bridgehead atoms. The van der Waals surface area contributed by atoms with Crippen molar-refractivity contribution in [1.82, 2.24) is 9.88 Å². The summed E-state index contributed by atoms with van der Waals surface area (Å²) in [6.07, 6.45) is 2.51. The number of rotatable bonds is 7. The standard InChI is InChI=1S/C21H23F2N3O4/c1-3-26(7-8-27)21(29)13-10-18(16(23)11-15(13)22)24-19(28)14-9-12-5-4-6-17(12)25-20(14)30-2/h9-11,27H,3-8H2,1-2H3,(H,24,28). The number of hydrogen-bond acceptors (Lipinski definition) is 5. The number of carbonyl (C=O) groups is 2. The fourth-order valence-corrected chi connectivity index (χ4v) is 3.46. The lowest BCUT2D eigenvalue weighted by molar-refractivity contribution is 0.0727. The summed E-state index contributed by atoms with van der Waals surface area (Å²) in [5.41, 5.74) is 1.19. The number of halogens is 2. The summed E-state index contributed by atoms with van der Waals surface area (Å²) in [5.74, 6) is -3.34. The van der Waals surface area contributed by atoms with Crippen LogP contribution < -0.4 is 10.1 Å². The summed E-state index contributed by atoms with van der Waals surface area (Å²) < 4.78 is 33.8. The van der Waals surface area contributed by atoms with Gasteiger partial charge in [0.05, 0.1) is 25.0 Å². The van der Waals surface area contributed by atoms with Crippen molar-refractivity contribution in [2.45, 2.75) is 26.2 Å². The third-order valence-corrected chi connectivity index (χ3v) is 5.03. The Balaban J connectivity index is 1.92. The van der Waals surface area contributed by atoms with E-state index in [1.807, 2.05) is 0 Å². The predicted molar refractivity (Wildman–Crippen MR) is 106 cm³/mol. The van der Waals surface area contributed by atoms with Gasteiger partial charge in [-0.05, 0) is 43.9 Å². The lowest BCUT2D eigenvalue weighted by atomic mass is 10.1. The predicted octanol–water partition coefficient (Wildman–Crippen LogP) is 2.56. The first-order chi connectivity index (χ1) is 14.4. The van der Waals surface area contributed by atoms with Gasteiger partial charge in [-0.3, -0.25) is 9.59 Å². The van der Waals surface area contributed by atoms with Crippen LogP contribution in [0.15, 0.2) is 18.2 Å². The fraction of sp³-hybridized carbons (Fsp3) is 0.381.